The van der Waals surface area contributed by atoms with E-state index in [-0.39, 0.29) is 0 Å². The molecular formula is C14H15BrN2. The molecule has 0 bridgehead atoms. The van der Waals surface area contributed by atoms with Crippen molar-refractivity contribution in [2.45, 2.75) is 6.54 Å². The van der Waals surface area contributed by atoms with Crippen LogP contribution < -0.4 is 10.6 Å². The second kappa shape index (κ2) is 5.23. The highest BCUT2D eigenvalue weighted by Gasteiger charge is 2.04. The van der Waals surface area contributed by atoms with Gasteiger partial charge >= 0.3 is 0 Å². The molecule has 88 valence electrons. The minimum Gasteiger partial charge on any atom is -0.397 e. The van der Waals surface area contributed by atoms with Gasteiger partial charge in [0, 0.05) is 18.1 Å². The molecule has 0 saturated heterocycles. The molecule has 0 aliphatic rings. The molecular weight excluding hydrogens is 276 g/mol. The lowest BCUT2D eigenvalue weighted by Gasteiger charge is -2.21. The summed E-state index contributed by atoms with van der Waals surface area (Å²) in [6, 6.07) is 16.2. The van der Waals surface area contributed by atoms with E-state index < -0.39 is 0 Å². The van der Waals surface area contributed by atoms with Crippen molar-refractivity contribution in [2.75, 3.05) is 17.7 Å². The van der Waals surface area contributed by atoms with Gasteiger partial charge in [-0.25, -0.2) is 0 Å². The van der Waals surface area contributed by atoms with Crippen molar-refractivity contribution < 1.29 is 0 Å². The summed E-state index contributed by atoms with van der Waals surface area (Å²) in [4.78, 5) is 2.15. The van der Waals surface area contributed by atoms with Crippen LogP contribution in [-0.2, 0) is 6.54 Å². The molecule has 2 N–H and O–H groups in total. The van der Waals surface area contributed by atoms with Crippen molar-refractivity contribution in [1.29, 1.82) is 0 Å². The van der Waals surface area contributed by atoms with E-state index in [1.165, 1.54) is 5.56 Å². The number of benzene rings is 2. The molecule has 0 unspecified atom stereocenters. The molecule has 2 rings (SSSR count). The average molecular weight is 291 g/mol. The number of nitrogens with zero attached hydrogens (tertiary/aromatic N) is 1. The number of hydrogen-bond donors (Lipinski definition) is 1. The van der Waals surface area contributed by atoms with Crippen LogP contribution in [0.5, 0.6) is 0 Å². The Morgan fingerprint density at radius 1 is 1.06 bits per heavy atom. The zero-order valence-electron chi connectivity index (χ0n) is 9.73. The monoisotopic (exact) mass is 290 g/mol. The third-order valence-corrected chi connectivity index (χ3v) is 3.21. The zero-order valence-corrected chi connectivity index (χ0v) is 11.3. The second-order valence-corrected chi connectivity index (χ2v) is 4.96. The maximum atomic E-state index is 5.95. The molecule has 2 aromatic carbocycles. The third-order valence-electron chi connectivity index (χ3n) is 2.68. The molecule has 0 aliphatic heterocycles. The average Bonchev–Trinajstić information content (AvgIpc) is 2.32. The van der Waals surface area contributed by atoms with E-state index in [0.29, 0.717) is 0 Å². The maximum absolute atomic E-state index is 5.95. The van der Waals surface area contributed by atoms with Crippen molar-refractivity contribution in [2.24, 2.45) is 0 Å². The summed E-state index contributed by atoms with van der Waals surface area (Å²) in [6.07, 6.45) is 0. The molecule has 0 aliphatic carbocycles. The first-order valence-electron chi connectivity index (χ1n) is 5.47. The summed E-state index contributed by atoms with van der Waals surface area (Å²) < 4.78 is 1.10. The van der Waals surface area contributed by atoms with Gasteiger partial charge in [0.15, 0.2) is 0 Å². The first kappa shape index (κ1) is 12.0. The van der Waals surface area contributed by atoms with Crippen molar-refractivity contribution in [1.82, 2.24) is 0 Å². The Balaban J connectivity index is 2.14. The van der Waals surface area contributed by atoms with Gasteiger partial charge < -0.3 is 10.6 Å². The van der Waals surface area contributed by atoms with Gasteiger partial charge in [0.25, 0.3) is 0 Å². The highest BCUT2D eigenvalue weighted by Crippen LogP contribution is 2.23. The summed E-state index contributed by atoms with van der Waals surface area (Å²) in [5.41, 5.74) is 9.09. The number of hydrogen-bond acceptors (Lipinski definition) is 2. The predicted molar refractivity (Wildman–Crippen MR) is 77.1 cm³/mol. The van der Waals surface area contributed by atoms with Crippen molar-refractivity contribution >= 4 is 27.3 Å². The lowest BCUT2D eigenvalue weighted by molar-refractivity contribution is 0.924. The summed E-state index contributed by atoms with van der Waals surface area (Å²) in [5.74, 6) is 0. The Morgan fingerprint density at radius 3 is 2.35 bits per heavy atom. The fourth-order valence-electron chi connectivity index (χ4n) is 1.78. The summed E-state index contributed by atoms with van der Waals surface area (Å²) >= 11 is 3.43. The Morgan fingerprint density at radius 2 is 1.71 bits per heavy atom. The Labute approximate surface area is 110 Å². The third kappa shape index (κ3) is 3.01. The van der Waals surface area contributed by atoms with Gasteiger partial charge in [0.2, 0.25) is 0 Å². The SMILES string of the molecule is CN(Cc1ccc(Br)cc1)c1ccccc1N. The van der Waals surface area contributed by atoms with E-state index in [1.807, 2.05) is 31.3 Å². The van der Waals surface area contributed by atoms with Gasteiger partial charge in [0.05, 0.1) is 11.4 Å². The number of halogens is 1. The molecule has 2 nitrogen and oxygen atoms in total. The van der Waals surface area contributed by atoms with E-state index >= 15 is 0 Å². The predicted octanol–water partition coefficient (Wildman–Crippen LogP) is 3.67. The molecule has 0 spiro atoms. The van der Waals surface area contributed by atoms with Crippen LogP contribution in [0.3, 0.4) is 0 Å². The second-order valence-electron chi connectivity index (χ2n) is 4.04. The van der Waals surface area contributed by atoms with E-state index in [4.69, 9.17) is 5.73 Å². The zero-order chi connectivity index (χ0) is 12.3. The fourth-order valence-corrected chi connectivity index (χ4v) is 2.05. The highest BCUT2D eigenvalue weighted by atomic mass is 79.9. The molecule has 17 heavy (non-hydrogen) atoms. The standard InChI is InChI=1S/C14H15BrN2/c1-17(14-5-3-2-4-13(14)16)10-11-6-8-12(15)9-7-11/h2-9H,10,16H2,1H3. The molecule has 0 saturated carbocycles. The number of para-hydroxylation sites is 2. The lowest BCUT2D eigenvalue weighted by atomic mass is 10.2. The van der Waals surface area contributed by atoms with Crippen molar-refractivity contribution in [3.05, 3.63) is 58.6 Å². The number of nitrogen functional groups attached to an aromatic ring is 1. The van der Waals surface area contributed by atoms with Gasteiger partial charge in [-0.3, -0.25) is 0 Å². The van der Waals surface area contributed by atoms with Crippen LogP contribution in [0.25, 0.3) is 0 Å². The Hall–Kier alpha value is -1.48. The first-order valence-corrected chi connectivity index (χ1v) is 6.26. The smallest absolute Gasteiger partial charge is 0.0600 e. The van der Waals surface area contributed by atoms with Crippen molar-refractivity contribution in [3.63, 3.8) is 0 Å². The van der Waals surface area contributed by atoms with Gasteiger partial charge in [-0.05, 0) is 29.8 Å². The molecule has 0 aromatic heterocycles. The van der Waals surface area contributed by atoms with Gasteiger partial charge in [-0.2, -0.15) is 0 Å². The molecule has 0 amide bonds. The first-order chi connectivity index (χ1) is 8.16. The van der Waals surface area contributed by atoms with Crippen LogP contribution in [0.4, 0.5) is 11.4 Å². The fraction of sp³-hybridized carbons (Fsp3) is 0.143. The van der Waals surface area contributed by atoms with Crippen LogP contribution in [0.15, 0.2) is 53.0 Å². The van der Waals surface area contributed by atoms with Crippen LogP contribution >= 0.6 is 15.9 Å². The summed E-state index contributed by atoms with van der Waals surface area (Å²) in [6.45, 7) is 0.849. The van der Waals surface area contributed by atoms with E-state index in [0.717, 1.165) is 22.4 Å². The van der Waals surface area contributed by atoms with Crippen LogP contribution in [0.2, 0.25) is 0 Å². The number of rotatable bonds is 3. The maximum Gasteiger partial charge on any atom is 0.0600 e. The number of anilines is 2. The van der Waals surface area contributed by atoms with Crippen LogP contribution in [0, 0.1) is 0 Å². The van der Waals surface area contributed by atoms with Crippen molar-refractivity contribution in [3.8, 4) is 0 Å². The van der Waals surface area contributed by atoms with Gasteiger partial charge in [-0.1, -0.05) is 40.2 Å². The van der Waals surface area contributed by atoms with E-state index in [2.05, 4.69) is 45.1 Å². The summed E-state index contributed by atoms with van der Waals surface area (Å²) in [7, 11) is 2.05. The van der Waals surface area contributed by atoms with Crippen LogP contribution in [-0.4, -0.2) is 7.05 Å². The molecule has 0 fully saturated rings. The van der Waals surface area contributed by atoms with Gasteiger partial charge in [0.1, 0.15) is 0 Å². The van der Waals surface area contributed by atoms with E-state index in [9.17, 15) is 0 Å². The molecule has 0 atom stereocenters. The van der Waals surface area contributed by atoms with Crippen LogP contribution in [0.1, 0.15) is 5.56 Å². The molecule has 3 heteroatoms. The minimum absolute atomic E-state index is 0.812. The topological polar surface area (TPSA) is 29.3 Å². The summed E-state index contributed by atoms with van der Waals surface area (Å²) in [5, 5.41) is 0. The van der Waals surface area contributed by atoms with Gasteiger partial charge in [-0.15, -0.1) is 0 Å². The molecule has 0 heterocycles. The molecule has 2 aromatic rings. The Bertz CT molecular complexity index is 494. The van der Waals surface area contributed by atoms with E-state index in [1.54, 1.807) is 0 Å². The number of nitrogens with two attached hydrogens (primary N) is 1. The molecule has 0 radical (unpaired) electrons. The Kier molecular flexibility index (Phi) is 3.69. The highest BCUT2D eigenvalue weighted by molar-refractivity contribution is 9.10. The quantitative estimate of drug-likeness (QED) is 0.874. The largest absolute Gasteiger partial charge is 0.397 e. The lowest BCUT2D eigenvalue weighted by Crippen LogP contribution is -2.17. The minimum atomic E-state index is 0.812. The normalized spacial score (nSPS) is 10.2.